The second-order valence-corrected chi connectivity index (χ2v) is 4.43. The van der Waals surface area contributed by atoms with Crippen LogP contribution in [-0.4, -0.2) is 27.1 Å². The van der Waals surface area contributed by atoms with Gasteiger partial charge in [0.2, 0.25) is 0 Å². The lowest BCUT2D eigenvalue weighted by atomic mass is 9.99. The van der Waals surface area contributed by atoms with Gasteiger partial charge in [0, 0.05) is 13.0 Å². The number of nitrogens with zero attached hydrogens (tertiary/aromatic N) is 3. The van der Waals surface area contributed by atoms with Crippen molar-refractivity contribution >= 4 is 5.78 Å². The van der Waals surface area contributed by atoms with Crippen molar-refractivity contribution < 1.29 is 4.79 Å². The molecule has 1 aromatic heterocycles. The minimum absolute atomic E-state index is 0.233. The number of Topliss-reactive ketones (excluding diaryl/α,β-unsaturated/α-hetero) is 1. The van der Waals surface area contributed by atoms with Gasteiger partial charge in [-0.1, -0.05) is 6.92 Å². The summed E-state index contributed by atoms with van der Waals surface area (Å²) in [5.41, 5.74) is 5.48. The monoisotopic (exact) mass is 238 g/mol. The summed E-state index contributed by atoms with van der Waals surface area (Å²) in [4.78, 5) is 15.9. The van der Waals surface area contributed by atoms with Gasteiger partial charge in [0.05, 0.1) is 6.42 Å². The van der Waals surface area contributed by atoms with Crippen LogP contribution in [0.25, 0.3) is 0 Å². The van der Waals surface area contributed by atoms with Crippen LogP contribution in [0.1, 0.15) is 38.9 Å². The van der Waals surface area contributed by atoms with E-state index in [1.54, 1.807) is 4.68 Å². The van der Waals surface area contributed by atoms with Gasteiger partial charge in [0.15, 0.2) is 0 Å². The predicted molar refractivity (Wildman–Crippen MR) is 66.5 cm³/mol. The maximum atomic E-state index is 11.8. The Labute approximate surface area is 102 Å². The zero-order valence-electron chi connectivity index (χ0n) is 10.7. The van der Waals surface area contributed by atoms with Crippen molar-refractivity contribution in [3.05, 3.63) is 12.2 Å². The molecule has 0 aliphatic rings. The van der Waals surface area contributed by atoms with Gasteiger partial charge >= 0.3 is 0 Å². The van der Waals surface area contributed by atoms with Crippen molar-refractivity contribution in [1.82, 2.24) is 14.8 Å². The molecule has 0 aliphatic carbocycles. The van der Waals surface area contributed by atoms with Crippen LogP contribution in [0.4, 0.5) is 0 Å². The van der Waals surface area contributed by atoms with E-state index in [0.717, 1.165) is 25.2 Å². The number of rotatable bonds is 8. The van der Waals surface area contributed by atoms with Crippen molar-refractivity contribution in [2.75, 3.05) is 6.54 Å². The van der Waals surface area contributed by atoms with Crippen LogP contribution in [0.3, 0.4) is 0 Å². The van der Waals surface area contributed by atoms with Crippen LogP contribution in [0.15, 0.2) is 6.33 Å². The molecule has 0 amide bonds. The molecule has 1 unspecified atom stereocenters. The zero-order chi connectivity index (χ0) is 12.7. The first-order valence-electron chi connectivity index (χ1n) is 6.25. The van der Waals surface area contributed by atoms with Crippen molar-refractivity contribution in [1.29, 1.82) is 0 Å². The van der Waals surface area contributed by atoms with Gasteiger partial charge in [-0.2, -0.15) is 5.10 Å². The Morgan fingerprint density at radius 2 is 2.29 bits per heavy atom. The van der Waals surface area contributed by atoms with Gasteiger partial charge in [-0.05, 0) is 32.2 Å². The summed E-state index contributed by atoms with van der Waals surface area (Å²) in [7, 11) is 0. The van der Waals surface area contributed by atoms with Crippen LogP contribution >= 0.6 is 0 Å². The predicted octanol–water partition coefficient (Wildman–Crippen LogP) is 1.17. The fourth-order valence-electron chi connectivity index (χ4n) is 1.79. The number of nitrogens with two attached hydrogens (primary N) is 1. The number of carbonyl (C=O) groups excluding carboxylic acids is 1. The molecule has 0 saturated carbocycles. The zero-order valence-corrected chi connectivity index (χ0v) is 10.7. The van der Waals surface area contributed by atoms with E-state index in [1.807, 2.05) is 6.92 Å². The molecule has 1 aromatic rings. The standard InChI is InChI=1S/C12H22N4O/c1-3-16-12(14-9-15-16)8-11(17)5-4-10(2)6-7-13/h9-10H,3-8,13H2,1-2H3. The van der Waals surface area contributed by atoms with Gasteiger partial charge in [-0.15, -0.1) is 0 Å². The molecule has 2 N–H and O–H groups in total. The number of hydrogen-bond acceptors (Lipinski definition) is 4. The van der Waals surface area contributed by atoms with Gasteiger partial charge in [-0.3, -0.25) is 4.79 Å². The molecule has 0 bridgehead atoms. The van der Waals surface area contributed by atoms with Crippen LogP contribution in [0.2, 0.25) is 0 Å². The van der Waals surface area contributed by atoms with E-state index in [1.165, 1.54) is 6.33 Å². The fourth-order valence-corrected chi connectivity index (χ4v) is 1.79. The second kappa shape index (κ2) is 7.17. The first-order chi connectivity index (χ1) is 8.17. The number of hydrogen-bond donors (Lipinski definition) is 1. The topological polar surface area (TPSA) is 73.8 Å². The summed E-state index contributed by atoms with van der Waals surface area (Å²) >= 11 is 0. The van der Waals surface area contributed by atoms with Crippen molar-refractivity contribution in [2.24, 2.45) is 11.7 Å². The summed E-state index contributed by atoms with van der Waals surface area (Å²) in [5, 5.41) is 4.05. The largest absolute Gasteiger partial charge is 0.330 e. The second-order valence-electron chi connectivity index (χ2n) is 4.43. The molecular weight excluding hydrogens is 216 g/mol. The molecule has 5 heteroatoms. The lowest BCUT2D eigenvalue weighted by molar-refractivity contribution is -0.118. The smallest absolute Gasteiger partial charge is 0.140 e. The Kier molecular flexibility index (Phi) is 5.83. The molecule has 0 aromatic carbocycles. The van der Waals surface area contributed by atoms with Crippen LogP contribution in [0.5, 0.6) is 0 Å². The van der Waals surface area contributed by atoms with E-state index in [9.17, 15) is 4.79 Å². The maximum Gasteiger partial charge on any atom is 0.140 e. The van der Waals surface area contributed by atoms with E-state index in [0.29, 0.717) is 25.3 Å². The third-order valence-electron chi connectivity index (χ3n) is 2.93. The average Bonchev–Trinajstić information content (AvgIpc) is 2.74. The molecule has 0 fully saturated rings. The van der Waals surface area contributed by atoms with E-state index < -0.39 is 0 Å². The number of carbonyl (C=O) groups is 1. The molecule has 17 heavy (non-hydrogen) atoms. The molecule has 0 aliphatic heterocycles. The quantitative estimate of drug-likeness (QED) is 0.738. The van der Waals surface area contributed by atoms with E-state index >= 15 is 0 Å². The highest BCUT2D eigenvalue weighted by molar-refractivity contribution is 5.80. The third-order valence-corrected chi connectivity index (χ3v) is 2.93. The Bertz CT molecular complexity index is 348. The third kappa shape index (κ3) is 4.65. The van der Waals surface area contributed by atoms with Gasteiger partial charge in [0.25, 0.3) is 0 Å². The lowest BCUT2D eigenvalue weighted by Gasteiger charge is -2.08. The van der Waals surface area contributed by atoms with Crippen LogP contribution in [-0.2, 0) is 17.8 Å². The molecule has 0 radical (unpaired) electrons. The fraction of sp³-hybridized carbons (Fsp3) is 0.750. The molecule has 0 spiro atoms. The first-order valence-corrected chi connectivity index (χ1v) is 6.25. The van der Waals surface area contributed by atoms with Crippen molar-refractivity contribution in [2.45, 2.75) is 46.1 Å². The van der Waals surface area contributed by atoms with Crippen molar-refractivity contribution in [3.8, 4) is 0 Å². The van der Waals surface area contributed by atoms with Crippen molar-refractivity contribution in [3.63, 3.8) is 0 Å². The number of aryl methyl sites for hydroxylation is 1. The van der Waals surface area contributed by atoms with Gasteiger partial charge in [-0.25, -0.2) is 9.67 Å². The molecule has 1 rings (SSSR count). The average molecular weight is 238 g/mol. The Morgan fingerprint density at radius 3 is 2.94 bits per heavy atom. The highest BCUT2D eigenvalue weighted by atomic mass is 16.1. The summed E-state index contributed by atoms with van der Waals surface area (Å²) in [6.45, 7) is 5.58. The van der Waals surface area contributed by atoms with E-state index in [4.69, 9.17) is 5.73 Å². The molecular formula is C12H22N4O. The van der Waals surface area contributed by atoms with Gasteiger partial charge < -0.3 is 5.73 Å². The van der Waals surface area contributed by atoms with Gasteiger partial charge in [0.1, 0.15) is 17.9 Å². The molecule has 5 nitrogen and oxygen atoms in total. The summed E-state index contributed by atoms with van der Waals surface area (Å²) < 4.78 is 1.77. The molecule has 1 atom stereocenters. The summed E-state index contributed by atoms with van der Waals surface area (Å²) in [5.74, 6) is 1.52. The Hall–Kier alpha value is -1.23. The molecule has 1 heterocycles. The van der Waals surface area contributed by atoms with E-state index in [-0.39, 0.29) is 5.78 Å². The number of aromatic nitrogens is 3. The lowest BCUT2D eigenvalue weighted by Crippen LogP contribution is -2.12. The van der Waals surface area contributed by atoms with Crippen LogP contribution < -0.4 is 5.73 Å². The SMILES string of the molecule is CCn1ncnc1CC(=O)CCC(C)CCN. The minimum atomic E-state index is 0.233. The highest BCUT2D eigenvalue weighted by Gasteiger charge is 2.11. The van der Waals surface area contributed by atoms with E-state index in [2.05, 4.69) is 17.0 Å². The first kappa shape index (κ1) is 13.8. The van der Waals surface area contributed by atoms with Crippen LogP contribution in [0, 0.1) is 5.92 Å². The maximum absolute atomic E-state index is 11.8. The molecule has 96 valence electrons. The number of ketones is 1. The Balaban J connectivity index is 2.34. The highest BCUT2D eigenvalue weighted by Crippen LogP contribution is 2.10. The normalized spacial score (nSPS) is 12.6. The summed E-state index contributed by atoms with van der Waals surface area (Å²) in [6.07, 6.45) is 4.40. The Morgan fingerprint density at radius 1 is 1.53 bits per heavy atom. The minimum Gasteiger partial charge on any atom is -0.330 e. The summed E-state index contributed by atoms with van der Waals surface area (Å²) in [6, 6.07) is 0. The molecule has 0 saturated heterocycles.